The molecule has 1 aromatic carbocycles. The number of nitrogens with zero attached hydrogens (tertiary/aromatic N) is 3. The third-order valence-corrected chi connectivity index (χ3v) is 7.89. The molecule has 0 atom stereocenters. The number of nitrogens with one attached hydrogen (secondary N) is 2. The third kappa shape index (κ3) is 6.84. The predicted molar refractivity (Wildman–Crippen MR) is 153 cm³/mol. The van der Waals surface area contributed by atoms with Crippen molar-refractivity contribution in [2.24, 2.45) is 5.41 Å². The lowest BCUT2D eigenvalue weighted by Gasteiger charge is -2.36. The fourth-order valence-electron chi connectivity index (χ4n) is 6.04. The largest absolute Gasteiger partial charge is 0.381 e. The van der Waals surface area contributed by atoms with Crippen LogP contribution in [0, 0.1) is 5.41 Å². The molecule has 3 aliphatic heterocycles. The molecule has 0 bridgehead atoms. The Bertz CT molecular complexity index is 1240. The molecule has 4 heterocycles. The number of hydrogen-bond acceptors (Lipinski definition) is 5. The number of piperidine rings is 1. The van der Waals surface area contributed by atoms with Crippen molar-refractivity contribution in [2.75, 3.05) is 44.6 Å². The quantitative estimate of drug-likeness (QED) is 0.516. The van der Waals surface area contributed by atoms with E-state index >= 15 is 0 Å². The van der Waals surface area contributed by atoms with Crippen LogP contribution in [-0.2, 0) is 11.3 Å². The van der Waals surface area contributed by atoms with Gasteiger partial charge in [-0.3, -0.25) is 14.7 Å². The molecule has 2 fully saturated rings. The first kappa shape index (κ1) is 27.7. The highest BCUT2D eigenvalue weighted by Crippen LogP contribution is 2.35. The van der Waals surface area contributed by atoms with Crippen molar-refractivity contribution >= 4 is 17.2 Å². The van der Waals surface area contributed by atoms with Crippen molar-refractivity contribution in [3.05, 3.63) is 53.4 Å². The second-order valence-electron chi connectivity index (χ2n) is 12.8. The number of alkyl halides is 2. The number of anilines is 1. The predicted octanol–water partition coefficient (Wildman–Crippen LogP) is 5.42. The van der Waals surface area contributed by atoms with Crippen LogP contribution in [0.15, 0.2) is 42.2 Å². The zero-order chi connectivity index (χ0) is 27.8. The fraction of sp³-hybridized carbons (Fsp3) is 0.548. The van der Waals surface area contributed by atoms with Crippen molar-refractivity contribution in [1.29, 1.82) is 0 Å². The van der Waals surface area contributed by atoms with Crippen LogP contribution in [0.25, 0.3) is 16.7 Å². The van der Waals surface area contributed by atoms with Crippen LogP contribution in [0.4, 0.5) is 14.5 Å². The smallest absolute Gasteiger partial charge is 0.261 e. The number of aromatic nitrogens is 1. The van der Waals surface area contributed by atoms with Gasteiger partial charge < -0.3 is 15.5 Å². The minimum atomic E-state index is -2.61. The lowest BCUT2D eigenvalue weighted by Crippen LogP contribution is -2.47. The molecule has 0 unspecified atom stereocenters. The first-order chi connectivity index (χ1) is 18.5. The minimum absolute atomic E-state index is 0.0106. The van der Waals surface area contributed by atoms with E-state index in [0.717, 1.165) is 71.6 Å². The van der Waals surface area contributed by atoms with Crippen LogP contribution in [0.1, 0.15) is 58.1 Å². The van der Waals surface area contributed by atoms with Gasteiger partial charge in [-0.25, -0.2) is 8.78 Å². The van der Waals surface area contributed by atoms with E-state index in [1.165, 1.54) is 0 Å². The zero-order valence-electron chi connectivity index (χ0n) is 23.6. The zero-order valence-corrected chi connectivity index (χ0v) is 23.6. The summed E-state index contributed by atoms with van der Waals surface area (Å²) in [7, 11) is 0. The van der Waals surface area contributed by atoms with E-state index in [4.69, 9.17) is 0 Å². The van der Waals surface area contributed by atoms with E-state index in [2.05, 4.69) is 47.4 Å². The Hall–Kier alpha value is -2.84. The van der Waals surface area contributed by atoms with Crippen LogP contribution in [0.3, 0.4) is 0 Å². The van der Waals surface area contributed by atoms with E-state index in [1.54, 1.807) is 17.3 Å². The summed E-state index contributed by atoms with van der Waals surface area (Å²) in [6, 6.07) is 8.29. The lowest BCUT2D eigenvalue weighted by molar-refractivity contribution is -0.116. The lowest BCUT2D eigenvalue weighted by atomic mass is 9.91. The van der Waals surface area contributed by atoms with Crippen molar-refractivity contribution < 1.29 is 13.6 Å². The molecule has 6 nitrogen and oxygen atoms in total. The molecule has 39 heavy (non-hydrogen) atoms. The summed E-state index contributed by atoms with van der Waals surface area (Å²) in [6.45, 7) is 13.1. The van der Waals surface area contributed by atoms with E-state index in [9.17, 15) is 13.6 Å². The van der Waals surface area contributed by atoms with Gasteiger partial charge in [0.2, 0.25) is 0 Å². The van der Waals surface area contributed by atoms with Gasteiger partial charge in [-0.1, -0.05) is 26.8 Å². The SMILES string of the molecule is CC1=C(C(=O)NC2CCN(CC(C)(C)C)CC2)c2cc(-c3cncc(CN4CCC(F)(F)C4)c3)ccc2NC1. The maximum atomic E-state index is 13.7. The Morgan fingerprint density at radius 3 is 2.56 bits per heavy atom. The third-order valence-electron chi connectivity index (χ3n) is 7.89. The van der Waals surface area contributed by atoms with Gasteiger partial charge in [-0.05, 0) is 60.1 Å². The highest BCUT2D eigenvalue weighted by atomic mass is 19.3. The van der Waals surface area contributed by atoms with E-state index in [-0.39, 0.29) is 30.3 Å². The van der Waals surface area contributed by atoms with E-state index in [0.29, 0.717) is 19.6 Å². The summed E-state index contributed by atoms with van der Waals surface area (Å²) in [5.41, 5.74) is 6.63. The minimum Gasteiger partial charge on any atom is -0.381 e. The number of rotatable bonds is 6. The maximum Gasteiger partial charge on any atom is 0.261 e. The number of carbonyl (C=O) groups is 1. The monoisotopic (exact) mass is 537 g/mol. The number of pyridine rings is 1. The standard InChI is InChI=1S/C31H41F2N5O/c1-21-15-35-27-6-5-23(24-13-22(16-34-17-24)18-38-12-9-31(32,33)20-38)14-26(27)28(21)29(39)36-25-7-10-37(11-8-25)19-30(2,3)4/h5-6,13-14,16-17,25,35H,7-12,15,18-20H2,1-4H3,(H,36,39). The number of carbonyl (C=O) groups excluding carboxylic acids is 1. The summed E-state index contributed by atoms with van der Waals surface area (Å²) < 4.78 is 27.3. The number of benzene rings is 1. The summed E-state index contributed by atoms with van der Waals surface area (Å²) in [6.07, 6.45) is 5.36. The molecular weight excluding hydrogens is 496 g/mol. The molecule has 1 aromatic heterocycles. The van der Waals surface area contributed by atoms with Crippen LogP contribution < -0.4 is 10.6 Å². The second kappa shape index (κ2) is 11.0. The van der Waals surface area contributed by atoms with Crippen LogP contribution in [0.2, 0.25) is 0 Å². The molecule has 8 heteroatoms. The number of likely N-dealkylation sites (tertiary alicyclic amines) is 2. The topological polar surface area (TPSA) is 60.5 Å². The maximum absolute atomic E-state index is 13.7. The summed E-state index contributed by atoms with van der Waals surface area (Å²) in [5.74, 6) is -2.62. The highest BCUT2D eigenvalue weighted by Gasteiger charge is 2.38. The number of fused-ring (bicyclic) bond motifs is 1. The summed E-state index contributed by atoms with van der Waals surface area (Å²) >= 11 is 0. The van der Waals surface area contributed by atoms with Gasteiger partial charge >= 0.3 is 0 Å². The van der Waals surface area contributed by atoms with Gasteiger partial charge in [0.05, 0.1) is 6.54 Å². The average Bonchev–Trinajstić information content (AvgIpc) is 3.21. The summed E-state index contributed by atoms with van der Waals surface area (Å²) in [4.78, 5) is 22.3. The highest BCUT2D eigenvalue weighted by molar-refractivity contribution is 6.23. The van der Waals surface area contributed by atoms with Crippen molar-refractivity contribution in [3.8, 4) is 11.1 Å². The first-order valence-electron chi connectivity index (χ1n) is 14.1. The first-order valence-corrected chi connectivity index (χ1v) is 14.1. The molecule has 3 aliphatic rings. The van der Waals surface area contributed by atoms with Gasteiger partial charge in [0.25, 0.3) is 11.8 Å². The molecule has 0 spiro atoms. The van der Waals surface area contributed by atoms with E-state index in [1.807, 2.05) is 25.1 Å². The van der Waals surface area contributed by atoms with Gasteiger partial charge in [-0.15, -0.1) is 0 Å². The van der Waals surface area contributed by atoms with Crippen molar-refractivity contribution in [3.63, 3.8) is 0 Å². The number of amides is 1. The van der Waals surface area contributed by atoms with Gasteiger partial charge in [-0.2, -0.15) is 0 Å². The molecule has 210 valence electrons. The molecule has 5 rings (SSSR count). The van der Waals surface area contributed by atoms with Crippen LogP contribution in [-0.4, -0.2) is 71.9 Å². The Morgan fingerprint density at radius 2 is 1.87 bits per heavy atom. The molecule has 1 amide bonds. The number of hydrogen-bond donors (Lipinski definition) is 2. The van der Waals surface area contributed by atoms with Gasteiger partial charge in [0.1, 0.15) is 0 Å². The molecule has 2 N–H and O–H groups in total. The van der Waals surface area contributed by atoms with E-state index < -0.39 is 5.92 Å². The Kier molecular flexibility index (Phi) is 7.80. The number of halogens is 2. The molecule has 2 saturated heterocycles. The van der Waals surface area contributed by atoms with Crippen molar-refractivity contribution in [1.82, 2.24) is 20.1 Å². The fourth-order valence-corrected chi connectivity index (χ4v) is 6.04. The molecule has 0 saturated carbocycles. The second-order valence-corrected chi connectivity index (χ2v) is 12.8. The Balaban J connectivity index is 1.30. The van der Waals surface area contributed by atoms with Crippen LogP contribution >= 0.6 is 0 Å². The molecule has 2 aromatic rings. The van der Waals surface area contributed by atoms with Gasteiger partial charge in [0.15, 0.2) is 0 Å². The molecule has 0 aliphatic carbocycles. The molecular formula is C31H41F2N5O. The Labute approximate surface area is 230 Å². The van der Waals surface area contributed by atoms with Crippen LogP contribution in [0.5, 0.6) is 0 Å². The normalized spacial score (nSPS) is 20.6. The summed E-state index contributed by atoms with van der Waals surface area (Å²) in [5, 5.41) is 6.76. The molecule has 0 radical (unpaired) electrons. The van der Waals surface area contributed by atoms with Crippen molar-refractivity contribution in [2.45, 2.75) is 65.5 Å². The average molecular weight is 538 g/mol. The Morgan fingerprint density at radius 1 is 1.10 bits per heavy atom. The van der Waals surface area contributed by atoms with Gasteiger partial charge in [0, 0.05) is 86.5 Å².